The van der Waals surface area contributed by atoms with Gasteiger partial charge in [-0.3, -0.25) is 9.59 Å². The molecule has 0 bridgehead atoms. The summed E-state index contributed by atoms with van der Waals surface area (Å²) in [5.41, 5.74) is 2.24. The Balaban J connectivity index is 2.48. The summed E-state index contributed by atoms with van der Waals surface area (Å²) in [6.45, 7) is 7.38. The number of aryl methyl sites for hydroxylation is 1. The zero-order valence-corrected chi connectivity index (χ0v) is 14.1. The lowest BCUT2D eigenvalue weighted by atomic mass is 10.0. The third kappa shape index (κ3) is 5.73. The van der Waals surface area contributed by atoms with E-state index in [0.717, 1.165) is 17.5 Å². The molecule has 0 saturated heterocycles. The lowest BCUT2D eigenvalue weighted by molar-refractivity contribution is -0.130. The fourth-order valence-electron chi connectivity index (χ4n) is 1.93. The number of amides is 2. The molecule has 0 fully saturated rings. The molecule has 1 rings (SSSR count). The van der Waals surface area contributed by atoms with Crippen molar-refractivity contribution in [3.63, 3.8) is 0 Å². The van der Waals surface area contributed by atoms with E-state index in [0.29, 0.717) is 12.1 Å². The second kappa shape index (κ2) is 8.92. The van der Waals surface area contributed by atoms with Crippen molar-refractivity contribution in [2.45, 2.75) is 40.2 Å². The van der Waals surface area contributed by atoms with Gasteiger partial charge in [0.2, 0.25) is 5.91 Å². The number of rotatable bonds is 7. The molecule has 6 nitrogen and oxygen atoms in total. The minimum Gasteiger partial charge on any atom is -0.452 e. The second-order valence-electron chi connectivity index (χ2n) is 5.40. The van der Waals surface area contributed by atoms with E-state index in [1.807, 2.05) is 26.8 Å². The average molecular weight is 320 g/mol. The van der Waals surface area contributed by atoms with Crippen LogP contribution >= 0.6 is 0 Å². The zero-order chi connectivity index (χ0) is 17.4. The summed E-state index contributed by atoms with van der Waals surface area (Å²) in [6, 6.07) is 4.64. The van der Waals surface area contributed by atoms with Gasteiger partial charge in [0.25, 0.3) is 5.91 Å². The van der Waals surface area contributed by atoms with Crippen LogP contribution in [0.3, 0.4) is 0 Å². The van der Waals surface area contributed by atoms with Gasteiger partial charge in [-0.15, -0.1) is 0 Å². The van der Waals surface area contributed by atoms with E-state index in [9.17, 15) is 14.4 Å². The zero-order valence-electron chi connectivity index (χ0n) is 14.1. The van der Waals surface area contributed by atoms with Crippen LogP contribution < -0.4 is 10.6 Å². The van der Waals surface area contributed by atoms with E-state index in [1.54, 1.807) is 19.1 Å². The van der Waals surface area contributed by atoms with Crippen LogP contribution in [0, 0.1) is 13.8 Å². The summed E-state index contributed by atoms with van der Waals surface area (Å²) >= 11 is 0. The minimum atomic E-state index is -0.673. The molecule has 1 aromatic rings. The fraction of sp³-hybridized carbons (Fsp3) is 0.471. The van der Waals surface area contributed by atoms with Crippen molar-refractivity contribution < 1.29 is 19.1 Å². The molecule has 0 aromatic heterocycles. The third-order valence-electron chi connectivity index (χ3n) is 3.48. The largest absolute Gasteiger partial charge is 0.452 e. The summed E-state index contributed by atoms with van der Waals surface area (Å²) in [5.74, 6) is -1.33. The highest BCUT2D eigenvalue weighted by Crippen LogP contribution is 2.13. The van der Waals surface area contributed by atoms with Crippen molar-refractivity contribution in [1.82, 2.24) is 10.6 Å². The molecular formula is C17H24N2O4. The first-order chi connectivity index (χ1) is 10.9. The van der Waals surface area contributed by atoms with Crippen LogP contribution in [-0.4, -0.2) is 37.0 Å². The van der Waals surface area contributed by atoms with Gasteiger partial charge in [0, 0.05) is 6.54 Å². The second-order valence-corrected chi connectivity index (χ2v) is 5.40. The molecule has 0 saturated carbocycles. The first-order valence-electron chi connectivity index (χ1n) is 7.67. The summed E-state index contributed by atoms with van der Waals surface area (Å²) in [7, 11) is 0. The number of carbonyl (C=O) groups excluding carboxylic acids is 3. The highest BCUT2D eigenvalue weighted by molar-refractivity contribution is 5.93. The molecule has 0 heterocycles. The molecule has 6 heteroatoms. The van der Waals surface area contributed by atoms with E-state index < -0.39 is 24.5 Å². The average Bonchev–Trinajstić information content (AvgIpc) is 2.52. The number of ether oxygens (including phenoxy) is 1. The van der Waals surface area contributed by atoms with E-state index in [4.69, 9.17) is 4.74 Å². The van der Waals surface area contributed by atoms with Gasteiger partial charge in [0.05, 0.1) is 5.56 Å². The van der Waals surface area contributed by atoms with Gasteiger partial charge < -0.3 is 15.4 Å². The molecule has 0 aliphatic rings. The predicted octanol–water partition coefficient (Wildman–Crippen LogP) is 1.49. The van der Waals surface area contributed by atoms with Crippen LogP contribution in [-0.2, 0) is 14.3 Å². The molecule has 0 aliphatic heterocycles. The summed E-state index contributed by atoms with van der Waals surface area (Å²) < 4.78 is 5.00. The lowest BCUT2D eigenvalue weighted by Gasteiger charge is -2.14. The Bertz CT molecular complexity index is 584. The molecule has 0 unspecified atom stereocenters. The van der Waals surface area contributed by atoms with Crippen LogP contribution in [0.2, 0.25) is 0 Å². The Hall–Kier alpha value is -2.37. The Kier molecular flexibility index (Phi) is 7.25. The van der Waals surface area contributed by atoms with Gasteiger partial charge in [0.15, 0.2) is 6.61 Å². The monoisotopic (exact) mass is 320 g/mol. The number of hydrogen-bond donors (Lipinski definition) is 2. The van der Waals surface area contributed by atoms with Crippen molar-refractivity contribution in [1.29, 1.82) is 0 Å². The molecule has 0 spiro atoms. The maximum Gasteiger partial charge on any atom is 0.338 e. The Morgan fingerprint density at radius 2 is 1.91 bits per heavy atom. The van der Waals surface area contributed by atoms with E-state index in [-0.39, 0.29) is 5.91 Å². The lowest BCUT2D eigenvalue weighted by Crippen LogP contribution is -2.46. The van der Waals surface area contributed by atoms with Gasteiger partial charge in [-0.2, -0.15) is 0 Å². The quantitative estimate of drug-likeness (QED) is 0.746. The van der Waals surface area contributed by atoms with Crippen LogP contribution in [0.5, 0.6) is 0 Å². The van der Waals surface area contributed by atoms with Gasteiger partial charge in [0.1, 0.15) is 6.04 Å². The Morgan fingerprint density at radius 1 is 1.22 bits per heavy atom. The van der Waals surface area contributed by atoms with Crippen LogP contribution in [0.15, 0.2) is 18.2 Å². The minimum absolute atomic E-state index is 0.263. The SMILES string of the molecule is CCCNC(=O)[C@@H](C)NC(=O)COC(=O)c1cccc(C)c1C. The van der Waals surface area contributed by atoms with Gasteiger partial charge in [-0.25, -0.2) is 4.79 Å². The summed E-state index contributed by atoms with van der Waals surface area (Å²) in [5, 5.41) is 5.17. The van der Waals surface area contributed by atoms with Crippen LogP contribution in [0.25, 0.3) is 0 Å². The molecule has 2 amide bonds. The first-order valence-corrected chi connectivity index (χ1v) is 7.67. The Labute approximate surface area is 136 Å². The van der Waals surface area contributed by atoms with Gasteiger partial charge >= 0.3 is 5.97 Å². The van der Waals surface area contributed by atoms with Crippen molar-refractivity contribution in [2.24, 2.45) is 0 Å². The highest BCUT2D eigenvalue weighted by Gasteiger charge is 2.17. The topological polar surface area (TPSA) is 84.5 Å². The molecule has 0 aliphatic carbocycles. The molecule has 0 radical (unpaired) electrons. The number of benzene rings is 1. The van der Waals surface area contributed by atoms with Crippen molar-refractivity contribution >= 4 is 17.8 Å². The Morgan fingerprint density at radius 3 is 2.57 bits per heavy atom. The van der Waals surface area contributed by atoms with Crippen molar-refractivity contribution in [2.75, 3.05) is 13.2 Å². The molecule has 2 N–H and O–H groups in total. The molecule has 1 atom stereocenters. The van der Waals surface area contributed by atoms with Crippen molar-refractivity contribution in [3.8, 4) is 0 Å². The molecular weight excluding hydrogens is 296 g/mol. The van der Waals surface area contributed by atoms with E-state index >= 15 is 0 Å². The van der Waals surface area contributed by atoms with Crippen molar-refractivity contribution in [3.05, 3.63) is 34.9 Å². The number of nitrogens with one attached hydrogen (secondary N) is 2. The van der Waals surface area contributed by atoms with E-state index in [2.05, 4.69) is 10.6 Å². The maximum atomic E-state index is 12.0. The molecule has 23 heavy (non-hydrogen) atoms. The first kappa shape index (κ1) is 18.7. The normalized spacial score (nSPS) is 11.5. The smallest absolute Gasteiger partial charge is 0.338 e. The van der Waals surface area contributed by atoms with E-state index in [1.165, 1.54) is 0 Å². The molecule has 1 aromatic carbocycles. The van der Waals surface area contributed by atoms with Gasteiger partial charge in [-0.1, -0.05) is 19.1 Å². The maximum absolute atomic E-state index is 12.0. The standard InChI is InChI=1S/C17H24N2O4/c1-5-9-18-16(21)13(4)19-15(20)10-23-17(22)14-8-6-7-11(2)12(14)3/h6-8,13H,5,9-10H2,1-4H3,(H,18,21)(H,19,20)/t13-/m1/s1. The van der Waals surface area contributed by atoms with Crippen LogP contribution in [0.1, 0.15) is 41.8 Å². The number of carbonyl (C=O) groups is 3. The predicted molar refractivity (Wildman–Crippen MR) is 87.1 cm³/mol. The summed E-state index contributed by atoms with van der Waals surface area (Å²) in [6.07, 6.45) is 0.819. The number of hydrogen-bond acceptors (Lipinski definition) is 4. The fourth-order valence-corrected chi connectivity index (χ4v) is 1.93. The van der Waals surface area contributed by atoms with Gasteiger partial charge in [-0.05, 0) is 44.4 Å². The molecule has 126 valence electrons. The number of esters is 1. The summed E-state index contributed by atoms with van der Waals surface area (Å²) in [4.78, 5) is 35.4. The highest BCUT2D eigenvalue weighted by atomic mass is 16.5. The third-order valence-corrected chi connectivity index (χ3v) is 3.48. The van der Waals surface area contributed by atoms with Crippen LogP contribution in [0.4, 0.5) is 0 Å².